The highest BCUT2D eigenvalue weighted by atomic mass is 16.2. The molecule has 0 heterocycles. The number of unbranched alkanes of at least 4 members (excludes halogenated alkanes) is 2. The number of hydrogen-bond donors (Lipinski definition) is 1. The van der Waals surface area contributed by atoms with Crippen molar-refractivity contribution in [2.45, 2.75) is 76.7 Å². The Bertz CT molecular complexity index is 425. The number of nitrogens with zero attached hydrogens (tertiary/aromatic N) is 1. The van der Waals surface area contributed by atoms with Gasteiger partial charge in [0.2, 0.25) is 11.8 Å². The molecule has 4 aliphatic rings. The Labute approximate surface area is 140 Å². The molecule has 0 aromatic heterocycles. The Morgan fingerprint density at radius 3 is 2.13 bits per heavy atom. The van der Waals surface area contributed by atoms with Crippen LogP contribution < -0.4 is 5.32 Å². The first-order valence-electron chi connectivity index (χ1n) is 9.56. The van der Waals surface area contributed by atoms with Crippen molar-refractivity contribution in [1.29, 1.82) is 0 Å². The summed E-state index contributed by atoms with van der Waals surface area (Å²) in [4.78, 5) is 26.6. The summed E-state index contributed by atoms with van der Waals surface area (Å²) in [6.07, 6.45) is 10.9. The van der Waals surface area contributed by atoms with Crippen molar-refractivity contribution >= 4 is 11.8 Å². The number of amides is 2. The van der Waals surface area contributed by atoms with Gasteiger partial charge in [-0.05, 0) is 62.7 Å². The average Bonchev–Trinajstić information content (AvgIpc) is 2.49. The van der Waals surface area contributed by atoms with Gasteiger partial charge in [0.25, 0.3) is 0 Å². The standard InChI is InChI=1S/C19H32N2O2/c1-3-4-5-6-20-17(22)10-18(23)21(2)19-11-14-7-15(12-19)9-16(8-14)13-19/h14-16H,3-13H2,1-2H3,(H,20,22). The predicted molar refractivity (Wildman–Crippen MR) is 90.8 cm³/mol. The average molecular weight is 320 g/mol. The molecule has 2 amide bonds. The third-order valence-electron chi connectivity index (χ3n) is 6.51. The summed E-state index contributed by atoms with van der Waals surface area (Å²) in [5.41, 5.74) is 0.0638. The normalized spacial score (nSPS) is 34.4. The first-order valence-corrected chi connectivity index (χ1v) is 9.56. The Kier molecular flexibility index (Phi) is 4.98. The summed E-state index contributed by atoms with van der Waals surface area (Å²) in [7, 11) is 1.94. The molecule has 4 aliphatic carbocycles. The molecule has 4 nitrogen and oxygen atoms in total. The van der Waals surface area contributed by atoms with Crippen LogP contribution in [0.5, 0.6) is 0 Å². The van der Waals surface area contributed by atoms with Crippen LogP contribution in [0.1, 0.15) is 71.1 Å². The van der Waals surface area contributed by atoms with E-state index in [4.69, 9.17) is 0 Å². The van der Waals surface area contributed by atoms with E-state index in [2.05, 4.69) is 12.2 Å². The van der Waals surface area contributed by atoms with Gasteiger partial charge in [0.05, 0.1) is 0 Å². The number of rotatable bonds is 7. The van der Waals surface area contributed by atoms with Crippen LogP contribution in [-0.2, 0) is 9.59 Å². The van der Waals surface area contributed by atoms with Gasteiger partial charge in [-0.3, -0.25) is 9.59 Å². The van der Waals surface area contributed by atoms with Crippen LogP contribution in [0.15, 0.2) is 0 Å². The summed E-state index contributed by atoms with van der Waals surface area (Å²) in [5, 5.41) is 2.89. The maximum absolute atomic E-state index is 12.6. The molecule has 4 bridgehead atoms. The van der Waals surface area contributed by atoms with Crippen LogP contribution in [0.3, 0.4) is 0 Å². The van der Waals surface area contributed by atoms with Gasteiger partial charge >= 0.3 is 0 Å². The van der Waals surface area contributed by atoms with E-state index in [1.165, 1.54) is 38.5 Å². The Morgan fingerprint density at radius 2 is 1.61 bits per heavy atom. The zero-order chi connectivity index (χ0) is 16.4. The monoisotopic (exact) mass is 320 g/mol. The van der Waals surface area contributed by atoms with E-state index in [1.807, 2.05) is 11.9 Å². The van der Waals surface area contributed by atoms with Crippen molar-refractivity contribution in [2.24, 2.45) is 17.8 Å². The molecule has 23 heavy (non-hydrogen) atoms. The molecule has 0 radical (unpaired) electrons. The van der Waals surface area contributed by atoms with E-state index >= 15 is 0 Å². The van der Waals surface area contributed by atoms with Crippen molar-refractivity contribution < 1.29 is 9.59 Å². The number of carbonyl (C=O) groups is 2. The molecule has 0 atom stereocenters. The molecule has 0 aromatic rings. The quantitative estimate of drug-likeness (QED) is 0.579. The number of carbonyl (C=O) groups excluding carboxylic acids is 2. The molecular weight excluding hydrogens is 288 g/mol. The summed E-state index contributed by atoms with van der Waals surface area (Å²) in [6, 6.07) is 0. The highest BCUT2D eigenvalue weighted by Crippen LogP contribution is 2.57. The Morgan fingerprint density at radius 1 is 1.04 bits per heavy atom. The van der Waals surface area contributed by atoms with Gasteiger partial charge in [0.15, 0.2) is 0 Å². The fourth-order valence-electron chi connectivity index (χ4n) is 5.66. The molecule has 0 saturated heterocycles. The summed E-state index contributed by atoms with van der Waals surface area (Å²) in [5.74, 6) is 2.36. The lowest BCUT2D eigenvalue weighted by atomic mass is 9.52. The van der Waals surface area contributed by atoms with E-state index < -0.39 is 0 Å². The minimum absolute atomic E-state index is 0.0138. The van der Waals surface area contributed by atoms with Crippen molar-refractivity contribution in [2.75, 3.05) is 13.6 Å². The topological polar surface area (TPSA) is 49.4 Å². The van der Waals surface area contributed by atoms with E-state index in [9.17, 15) is 9.59 Å². The molecular formula is C19H32N2O2. The Hall–Kier alpha value is -1.06. The van der Waals surface area contributed by atoms with Gasteiger partial charge < -0.3 is 10.2 Å². The van der Waals surface area contributed by atoms with Gasteiger partial charge in [0, 0.05) is 19.1 Å². The summed E-state index contributed by atoms with van der Waals surface area (Å²) >= 11 is 0. The fraction of sp³-hybridized carbons (Fsp3) is 0.895. The minimum atomic E-state index is -0.109. The van der Waals surface area contributed by atoms with Gasteiger partial charge in [-0.2, -0.15) is 0 Å². The molecule has 4 rings (SSSR count). The zero-order valence-corrected chi connectivity index (χ0v) is 14.8. The summed E-state index contributed by atoms with van der Waals surface area (Å²) < 4.78 is 0. The lowest BCUT2D eigenvalue weighted by molar-refractivity contribution is -0.149. The van der Waals surface area contributed by atoms with Crippen LogP contribution in [0.25, 0.3) is 0 Å². The molecule has 0 spiro atoms. The molecule has 4 heteroatoms. The molecule has 130 valence electrons. The fourth-order valence-corrected chi connectivity index (χ4v) is 5.66. The molecule has 1 N–H and O–H groups in total. The maximum atomic E-state index is 12.6. The number of nitrogens with one attached hydrogen (secondary N) is 1. The van der Waals surface area contributed by atoms with E-state index in [0.29, 0.717) is 6.54 Å². The van der Waals surface area contributed by atoms with Crippen LogP contribution >= 0.6 is 0 Å². The first-order chi connectivity index (χ1) is 11.0. The maximum Gasteiger partial charge on any atom is 0.232 e. The van der Waals surface area contributed by atoms with Crippen molar-refractivity contribution in [3.05, 3.63) is 0 Å². The third-order valence-corrected chi connectivity index (χ3v) is 6.51. The van der Waals surface area contributed by atoms with Gasteiger partial charge in [-0.25, -0.2) is 0 Å². The molecule has 4 saturated carbocycles. The van der Waals surface area contributed by atoms with Crippen LogP contribution in [-0.4, -0.2) is 35.8 Å². The second-order valence-corrected chi connectivity index (χ2v) is 8.33. The van der Waals surface area contributed by atoms with Crippen molar-refractivity contribution in [1.82, 2.24) is 10.2 Å². The van der Waals surface area contributed by atoms with E-state index in [1.54, 1.807) is 0 Å². The van der Waals surface area contributed by atoms with Crippen LogP contribution in [0.2, 0.25) is 0 Å². The lowest BCUT2D eigenvalue weighted by Gasteiger charge is -2.59. The van der Waals surface area contributed by atoms with E-state index in [0.717, 1.165) is 37.0 Å². The zero-order valence-electron chi connectivity index (χ0n) is 14.8. The van der Waals surface area contributed by atoms with Gasteiger partial charge in [0.1, 0.15) is 6.42 Å². The summed E-state index contributed by atoms with van der Waals surface area (Å²) in [6.45, 7) is 2.84. The third kappa shape index (κ3) is 3.56. The molecule has 0 aliphatic heterocycles. The van der Waals surface area contributed by atoms with Gasteiger partial charge in [-0.15, -0.1) is 0 Å². The largest absolute Gasteiger partial charge is 0.356 e. The predicted octanol–water partition coefficient (Wildman–Crippen LogP) is 3.11. The van der Waals surface area contributed by atoms with Crippen molar-refractivity contribution in [3.8, 4) is 0 Å². The van der Waals surface area contributed by atoms with Crippen molar-refractivity contribution in [3.63, 3.8) is 0 Å². The Balaban J connectivity index is 1.52. The van der Waals surface area contributed by atoms with Crippen LogP contribution in [0.4, 0.5) is 0 Å². The SMILES string of the molecule is CCCCCNC(=O)CC(=O)N(C)C12CC3CC(CC(C3)C1)C2. The molecule has 0 aromatic carbocycles. The van der Waals surface area contributed by atoms with Gasteiger partial charge in [-0.1, -0.05) is 19.8 Å². The second kappa shape index (κ2) is 6.82. The molecule has 4 fully saturated rings. The highest BCUT2D eigenvalue weighted by molar-refractivity contribution is 5.97. The first kappa shape index (κ1) is 16.8. The molecule has 0 unspecified atom stereocenters. The highest BCUT2D eigenvalue weighted by Gasteiger charge is 2.53. The number of hydrogen-bond acceptors (Lipinski definition) is 2. The smallest absolute Gasteiger partial charge is 0.232 e. The van der Waals surface area contributed by atoms with Crippen LogP contribution in [0, 0.1) is 17.8 Å². The van der Waals surface area contributed by atoms with E-state index in [-0.39, 0.29) is 23.8 Å². The second-order valence-electron chi connectivity index (χ2n) is 8.33. The lowest BCUT2D eigenvalue weighted by Crippen LogP contribution is -2.60. The minimum Gasteiger partial charge on any atom is -0.356 e.